The molecule has 1 aliphatic carbocycles. The van der Waals surface area contributed by atoms with Crippen LogP contribution in [0.25, 0.3) is 0 Å². The van der Waals surface area contributed by atoms with Crippen molar-refractivity contribution in [2.45, 2.75) is 44.7 Å². The van der Waals surface area contributed by atoms with E-state index in [-0.39, 0.29) is 23.6 Å². The van der Waals surface area contributed by atoms with Gasteiger partial charge in [-0.25, -0.2) is 0 Å². The van der Waals surface area contributed by atoms with E-state index in [2.05, 4.69) is 14.9 Å². The number of anilines is 1. The van der Waals surface area contributed by atoms with Crippen molar-refractivity contribution in [2.75, 3.05) is 4.90 Å². The number of aromatic nitrogens is 2. The van der Waals surface area contributed by atoms with Crippen LogP contribution in [0.2, 0.25) is 0 Å². The van der Waals surface area contributed by atoms with E-state index in [4.69, 9.17) is 0 Å². The number of aryl methyl sites for hydroxylation is 1. The molecule has 2 heterocycles. The average Bonchev–Trinajstić information content (AvgIpc) is 3.50. The summed E-state index contributed by atoms with van der Waals surface area (Å²) >= 11 is 2.61. The fourth-order valence-corrected chi connectivity index (χ4v) is 5.17. The lowest BCUT2D eigenvalue weighted by atomic mass is 10.1. The van der Waals surface area contributed by atoms with Crippen molar-refractivity contribution in [1.29, 1.82) is 0 Å². The number of nitrogens with one attached hydrogen (secondary N) is 1. The van der Waals surface area contributed by atoms with Gasteiger partial charge in [-0.3, -0.25) is 14.5 Å². The quantitative estimate of drug-likeness (QED) is 0.636. The zero-order chi connectivity index (χ0) is 20.2. The molecule has 0 radical (unpaired) electrons. The van der Waals surface area contributed by atoms with Crippen LogP contribution in [0.15, 0.2) is 47.2 Å². The second-order valence-corrected chi connectivity index (χ2v) is 8.72. The van der Waals surface area contributed by atoms with Gasteiger partial charge in [0.2, 0.25) is 5.91 Å². The number of benzene rings is 1. The molecule has 3 aromatic rings. The number of hydrogen-bond acceptors (Lipinski definition) is 6. The Bertz CT molecular complexity index is 966. The van der Waals surface area contributed by atoms with E-state index in [0.29, 0.717) is 5.69 Å². The molecule has 0 bridgehead atoms. The Morgan fingerprint density at radius 2 is 1.93 bits per heavy atom. The summed E-state index contributed by atoms with van der Waals surface area (Å²) in [6.45, 7) is 1.97. The lowest BCUT2D eigenvalue weighted by Crippen LogP contribution is -2.46. The Hall–Kier alpha value is -2.58. The zero-order valence-electron chi connectivity index (χ0n) is 16.1. The van der Waals surface area contributed by atoms with E-state index < -0.39 is 6.04 Å². The minimum atomic E-state index is -0.757. The van der Waals surface area contributed by atoms with Crippen LogP contribution >= 0.6 is 22.9 Å². The first kappa shape index (κ1) is 19.7. The van der Waals surface area contributed by atoms with E-state index in [9.17, 15) is 9.59 Å². The number of amides is 2. The summed E-state index contributed by atoms with van der Waals surface area (Å²) in [7, 11) is 0. The highest BCUT2D eigenvalue weighted by Gasteiger charge is 2.37. The first-order valence-electron chi connectivity index (χ1n) is 9.65. The third-order valence-corrected chi connectivity index (χ3v) is 6.77. The number of rotatable bonds is 6. The average molecular weight is 427 g/mol. The van der Waals surface area contributed by atoms with Crippen LogP contribution < -0.4 is 10.2 Å². The van der Waals surface area contributed by atoms with Gasteiger partial charge in [0.25, 0.3) is 5.91 Å². The number of hydrogen-bond donors (Lipinski definition) is 1. The van der Waals surface area contributed by atoms with Gasteiger partial charge in [-0.05, 0) is 60.4 Å². The van der Waals surface area contributed by atoms with Gasteiger partial charge in [-0.2, -0.15) is 0 Å². The van der Waals surface area contributed by atoms with Gasteiger partial charge in [0.1, 0.15) is 0 Å². The molecule has 1 saturated carbocycles. The van der Waals surface area contributed by atoms with Crippen molar-refractivity contribution in [3.8, 4) is 0 Å². The Morgan fingerprint density at radius 3 is 2.55 bits per heavy atom. The van der Waals surface area contributed by atoms with E-state index in [1.807, 2.05) is 48.7 Å². The van der Waals surface area contributed by atoms with Crippen LogP contribution in [0.4, 0.5) is 5.69 Å². The lowest BCUT2D eigenvalue weighted by Gasteiger charge is -2.31. The topological polar surface area (TPSA) is 75.2 Å². The highest BCUT2D eigenvalue weighted by atomic mass is 32.1. The molecular formula is C21H22N4O2S2. The minimum Gasteiger partial charge on any atom is -0.351 e. The molecule has 1 fully saturated rings. The molecule has 0 saturated heterocycles. The smallest absolute Gasteiger partial charge is 0.280 e. The number of carbonyl (C=O) groups is 2. The third kappa shape index (κ3) is 4.23. The van der Waals surface area contributed by atoms with Gasteiger partial charge in [0, 0.05) is 22.0 Å². The summed E-state index contributed by atoms with van der Waals surface area (Å²) in [6, 6.07) is 10.7. The van der Waals surface area contributed by atoms with Gasteiger partial charge in [0.15, 0.2) is 11.7 Å². The predicted molar refractivity (Wildman–Crippen MR) is 115 cm³/mol. The molecule has 8 heteroatoms. The summed E-state index contributed by atoms with van der Waals surface area (Å²) in [6.07, 6.45) is 4.22. The highest BCUT2D eigenvalue weighted by Crippen LogP contribution is 2.34. The minimum absolute atomic E-state index is 0.150. The Morgan fingerprint density at radius 1 is 1.17 bits per heavy atom. The van der Waals surface area contributed by atoms with Gasteiger partial charge < -0.3 is 5.32 Å². The largest absolute Gasteiger partial charge is 0.351 e. The lowest BCUT2D eigenvalue weighted by molar-refractivity contribution is -0.123. The van der Waals surface area contributed by atoms with E-state index in [1.165, 1.54) is 11.3 Å². The van der Waals surface area contributed by atoms with Crippen molar-refractivity contribution in [2.24, 2.45) is 0 Å². The molecule has 4 rings (SSSR count). The number of nitrogens with zero attached hydrogens (tertiary/aromatic N) is 3. The van der Waals surface area contributed by atoms with Crippen molar-refractivity contribution in [1.82, 2.24) is 14.9 Å². The molecule has 6 nitrogen and oxygen atoms in total. The van der Waals surface area contributed by atoms with Crippen molar-refractivity contribution in [3.63, 3.8) is 0 Å². The van der Waals surface area contributed by atoms with Crippen molar-refractivity contribution < 1.29 is 9.59 Å². The molecule has 29 heavy (non-hydrogen) atoms. The number of thiophene rings is 1. The fourth-order valence-electron chi connectivity index (χ4n) is 3.72. The van der Waals surface area contributed by atoms with Crippen molar-refractivity contribution >= 4 is 40.4 Å². The predicted octanol–water partition coefficient (Wildman–Crippen LogP) is 4.35. The summed E-state index contributed by atoms with van der Waals surface area (Å²) in [4.78, 5) is 29.4. The molecular weight excluding hydrogens is 404 g/mol. The van der Waals surface area contributed by atoms with Crippen LogP contribution in [-0.2, 0) is 4.79 Å². The monoisotopic (exact) mass is 426 g/mol. The SMILES string of the molecule is Cc1ccsc1[C@@H](C(=O)NC1CCCC1)N(C(=O)c1csnn1)c1ccccc1. The summed E-state index contributed by atoms with van der Waals surface area (Å²) in [5, 5.41) is 10.7. The molecule has 0 unspecified atom stereocenters. The molecule has 1 aliphatic rings. The van der Waals surface area contributed by atoms with Crippen LogP contribution in [-0.4, -0.2) is 27.4 Å². The molecule has 0 spiro atoms. The first-order valence-corrected chi connectivity index (χ1v) is 11.4. The van der Waals surface area contributed by atoms with Crippen LogP contribution in [0.3, 0.4) is 0 Å². The van der Waals surface area contributed by atoms with Crippen LogP contribution in [0.5, 0.6) is 0 Å². The van der Waals surface area contributed by atoms with Gasteiger partial charge in [-0.1, -0.05) is 35.5 Å². The number of para-hydroxylation sites is 1. The standard InChI is InChI=1S/C21H22N4O2S2/c1-14-11-12-28-19(14)18(20(26)22-15-7-5-6-8-15)25(16-9-3-2-4-10-16)21(27)17-13-29-24-23-17/h2-4,9-13,15,18H,5-8H2,1H3,(H,22,26)/t18-/m0/s1. The molecule has 1 aromatic carbocycles. The summed E-state index contributed by atoms with van der Waals surface area (Å²) < 4.78 is 3.83. The van der Waals surface area contributed by atoms with Gasteiger partial charge >= 0.3 is 0 Å². The maximum atomic E-state index is 13.5. The Kier molecular flexibility index (Phi) is 6.01. The maximum absolute atomic E-state index is 13.5. The molecule has 0 aliphatic heterocycles. The molecule has 2 amide bonds. The molecule has 150 valence electrons. The molecule has 1 atom stereocenters. The van der Waals surface area contributed by atoms with Gasteiger partial charge in [0.05, 0.1) is 0 Å². The zero-order valence-corrected chi connectivity index (χ0v) is 17.7. The molecule has 1 N–H and O–H groups in total. The Balaban J connectivity index is 1.78. The van der Waals surface area contributed by atoms with Crippen molar-refractivity contribution in [3.05, 3.63) is 63.3 Å². The second kappa shape index (κ2) is 8.84. The summed E-state index contributed by atoms with van der Waals surface area (Å²) in [5.74, 6) is -0.479. The van der Waals surface area contributed by atoms with E-state index in [0.717, 1.165) is 47.7 Å². The number of carbonyl (C=O) groups excluding carboxylic acids is 2. The fraction of sp³-hybridized carbons (Fsp3) is 0.333. The highest BCUT2D eigenvalue weighted by molar-refractivity contribution is 7.10. The summed E-state index contributed by atoms with van der Waals surface area (Å²) in [5.41, 5.74) is 1.89. The van der Waals surface area contributed by atoms with Crippen LogP contribution in [0.1, 0.15) is 52.7 Å². The van der Waals surface area contributed by atoms with Gasteiger partial charge in [-0.15, -0.1) is 16.4 Å². The normalized spacial score (nSPS) is 15.2. The molecule has 2 aromatic heterocycles. The third-order valence-electron chi connectivity index (χ3n) is 5.19. The van der Waals surface area contributed by atoms with Crippen LogP contribution in [0, 0.1) is 6.92 Å². The maximum Gasteiger partial charge on any atom is 0.280 e. The van der Waals surface area contributed by atoms with E-state index in [1.54, 1.807) is 10.3 Å². The second-order valence-electron chi connectivity index (χ2n) is 7.16. The Labute approximate surface area is 177 Å². The first-order chi connectivity index (χ1) is 14.1. The van der Waals surface area contributed by atoms with E-state index >= 15 is 0 Å².